The molecular formula is C25H31N3O6S. The Morgan fingerprint density at radius 3 is 2.40 bits per heavy atom. The largest absolute Gasteiger partial charge is 0.486 e. The highest BCUT2D eigenvalue weighted by Gasteiger charge is 2.31. The van der Waals surface area contributed by atoms with Crippen LogP contribution < -0.4 is 24.4 Å². The van der Waals surface area contributed by atoms with Gasteiger partial charge in [0, 0.05) is 12.1 Å². The van der Waals surface area contributed by atoms with Crippen molar-refractivity contribution in [3.8, 4) is 11.5 Å². The topological polar surface area (TPSA) is 114 Å². The highest BCUT2D eigenvalue weighted by Crippen LogP contribution is 2.35. The van der Waals surface area contributed by atoms with Crippen molar-refractivity contribution in [2.75, 3.05) is 29.1 Å². The van der Waals surface area contributed by atoms with Crippen molar-refractivity contribution in [2.24, 2.45) is 0 Å². The van der Waals surface area contributed by atoms with E-state index in [0.717, 1.165) is 36.2 Å². The second-order valence-corrected chi connectivity index (χ2v) is 10.8. The zero-order valence-corrected chi connectivity index (χ0v) is 20.8. The Morgan fingerprint density at radius 2 is 1.69 bits per heavy atom. The Kier molecular flexibility index (Phi) is 7.49. The van der Waals surface area contributed by atoms with Crippen molar-refractivity contribution in [3.05, 3.63) is 48.0 Å². The molecule has 0 unspecified atom stereocenters. The van der Waals surface area contributed by atoms with Crippen molar-refractivity contribution in [1.29, 1.82) is 0 Å². The molecule has 0 spiro atoms. The summed E-state index contributed by atoms with van der Waals surface area (Å²) in [6, 6.07) is 10.5. The Bertz CT molecular complexity index is 1190. The molecule has 0 bridgehead atoms. The molecular weight excluding hydrogens is 470 g/mol. The highest BCUT2D eigenvalue weighted by atomic mass is 32.2. The average Bonchev–Trinajstić information content (AvgIpc) is 2.84. The number of hydrogen-bond donors (Lipinski definition) is 2. The molecule has 0 saturated heterocycles. The first kappa shape index (κ1) is 24.8. The van der Waals surface area contributed by atoms with Gasteiger partial charge in [-0.15, -0.1) is 0 Å². The number of amides is 2. The van der Waals surface area contributed by atoms with Crippen molar-refractivity contribution in [1.82, 2.24) is 5.32 Å². The van der Waals surface area contributed by atoms with E-state index in [2.05, 4.69) is 10.6 Å². The van der Waals surface area contributed by atoms with Crippen LogP contribution in [0.15, 0.2) is 42.5 Å². The molecule has 1 aliphatic carbocycles. The first-order valence-electron chi connectivity index (χ1n) is 11.8. The summed E-state index contributed by atoms with van der Waals surface area (Å²) in [5.74, 6) is 0.110. The molecule has 188 valence electrons. The molecule has 10 heteroatoms. The van der Waals surface area contributed by atoms with Crippen LogP contribution in [0.2, 0.25) is 0 Å². The smallest absolute Gasteiger partial charge is 0.253 e. The summed E-state index contributed by atoms with van der Waals surface area (Å²) in [6.07, 6.45) is 6.27. The molecule has 0 aromatic heterocycles. The van der Waals surface area contributed by atoms with Crippen molar-refractivity contribution in [2.45, 2.75) is 51.1 Å². The van der Waals surface area contributed by atoms with Gasteiger partial charge >= 0.3 is 0 Å². The molecule has 1 atom stereocenters. The van der Waals surface area contributed by atoms with E-state index in [4.69, 9.17) is 9.47 Å². The number of para-hydroxylation sites is 1. The number of nitrogens with one attached hydrogen (secondary N) is 2. The minimum atomic E-state index is -3.83. The third-order valence-electron chi connectivity index (χ3n) is 6.24. The second-order valence-electron chi connectivity index (χ2n) is 8.91. The molecule has 2 amide bonds. The van der Waals surface area contributed by atoms with Gasteiger partial charge in [0.25, 0.3) is 5.91 Å². The lowest BCUT2D eigenvalue weighted by Crippen LogP contribution is -2.45. The standard InChI is InChI=1S/C25H31N3O6S/c1-17(28(35(2,31)32)19-12-13-22-23(16-19)34-15-14-33-22)24(29)27-21-11-7-6-10-20(21)25(30)26-18-8-4-3-5-9-18/h6-7,10-13,16-18H,3-5,8-9,14-15H2,1-2H3,(H,26,30)(H,27,29)/t17-/m1/s1. The van der Waals surface area contributed by atoms with Crippen LogP contribution in [0, 0.1) is 0 Å². The van der Waals surface area contributed by atoms with Gasteiger partial charge in [-0.25, -0.2) is 8.42 Å². The van der Waals surface area contributed by atoms with Gasteiger partial charge in [0.05, 0.1) is 23.2 Å². The van der Waals surface area contributed by atoms with Gasteiger partial charge in [-0.05, 0) is 44.0 Å². The number of fused-ring (bicyclic) bond motifs is 1. The predicted octanol–water partition coefficient (Wildman–Crippen LogP) is 3.31. The number of sulfonamides is 1. The van der Waals surface area contributed by atoms with E-state index < -0.39 is 22.0 Å². The summed E-state index contributed by atoms with van der Waals surface area (Å²) in [6.45, 7) is 2.26. The molecule has 0 radical (unpaired) electrons. The number of rotatable bonds is 7. The zero-order valence-electron chi connectivity index (χ0n) is 20.0. The number of carbonyl (C=O) groups is 2. The minimum absolute atomic E-state index is 0.120. The van der Waals surface area contributed by atoms with E-state index >= 15 is 0 Å². The summed E-state index contributed by atoms with van der Waals surface area (Å²) in [4.78, 5) is 26.2. The Labute approximate surface area is 205 Å². The zero-order chi connectivity index (χ0) is 25.0. The number of ether oxygens (including phenoxy) is 2. The van der Waals surface area contributed by atoms with Crippen molar-refractivity contribution >= 4 is 33.2 Å². The van der Waals surface area contributed by atoms with Gasteiger partial charge in [0.1, 0.15) is 19.3 Å². The molecule has 1 aliphatic heterocycles. The van der Waals surface area contributed by atoms with Crippen molar-refractivity contribution < 1.29 is 27.5 Å². The number of hydrogen-bond acceptors (Lipinski definition) is 6. The Balaban J connectivity index is 1.54. The summed E-state index contributed by atoms with van der Waals surface area (Å²) in [5, 5.41) is 5.81. The number of carbonyl (C=O) groups excluding carboxylic acids is 2. The van der Waals surface area contributed by atoms with Gasteiger partial charge in [-0.2, -0.15) is 0 Å². The molecule has 2 aromatic rings. The SMILES string of the molecule is C[C@H](C(=O)Nc1ccccc1C(=O)NC1CCCCC1)N(c1ccc2c(c1)OCCO2)S(C)(=O)=O. The van der Waals surface area contributed by atoms with E-state index in [0.29, 0.717) is 36.0 Å². The van der Waals surface area contributed by atoms with Crippen LogP contribution in [-0.4, -0.2) is 51.8 Å². The van der Waals surface area contributed by atoms with Crippen LogP contribution in [0.3, 0.4) is 0 Å². The molecule has 2 N–H and O–H groups in total. The lowest BCUT2D eigenvalue weighted by molar-refractivity contribution is -0.116. The molecule has 9 nitrogen and oxygen atoms in total. The van der Waals surface area contributed by atoms with Gasteiger partial charge < -0.3 is 20.1 Å². The van der Waals surface area contributed by atoms with Crippen LogP contribution in [0.25, 0.3) is 0 Å². The fraction of sp³-hybridized carbons (Fsp3) is 0.440. The van der Waals surface area contributed by atoms with Gasteiger partial charge in [0.2, 0.25) is 15.9 Å². The van der Waals surface area contributed by atoms with E-state index in [1.165, 1.54) is 13.3 Å². The maximum Gasteiger partial charge on any atom is 0.253 e. The molecule has 1 heterocycles. The third kappa shape index (κ3) is 5.87. The minimum Gasteiger partial charge on any atom is -0.486 e. The fourth-order valence-electron chi connectivity index (χ4n) is 4.52. The molecule has 35 heavy (non-hydrogen) atoms. The third-order valence-corrected chi connectivity index (χ3v) is 7.48. The molecule has 1 saturated carbocycles. The number of anilines is 2. The maximum absolute atomic E-state index is 13.2. The molecule has 2 aliphatic rings. The molecule has 2 aromatic carbocycles. The summed E-state index contributed by atoms with van der Waals surface area (Å²) >= 11 is 0. The normalized spacial score (nSPS) is 16.7. The second kappa shape index (κ2) is 10.6. The Morgan fingerprint density at radius 1 is 1.00 bits per heavy atom. The highest BCUT2D eigenvalue weighted by molar-refractivity contribution is 7.92. The quantitative estimate of drug-likeness (QED) is 0.602. The number of nitrogens with zero attached hydrogens (tertiary/aromatic N) is 1. The summed E-state index contributed by atoms with van der Waals surface area (Å²) < 4.78 is 37.5. The lowest BCUT2D eigenvalue weighted by atomic mass is 9.95. The van der Waals surface area contributed by atoms with E-state index in [9.17, 15) is 18.0 Å². The summed E-state index contributed by atoms with van der Waals surface area (Å²) in [5.41, 5.74) is 0.944. The van der Waals surface area contributed by atoms with E-state index in [-0.39, 0.29) is 17.6 Å². The maximum atomic E-state index is 13.2. The molecule has 1 fully saturated rings. The fourth-order valence-corrected chi connectivity index (χ4v) is 5.68. The van der Waals surface area contributed by atoms with Gasteiger partial charge in [-0.3, -0.25) is 13.9 Å². The average molecular weight is 502 g/mol. The van der Waals surface area contributed by atoms with Gasteiger partial charge in [-0.1, -0.05) is 31.4 Å². The molecule has 4 rings (SSSR count). The van der Waals surface area contributed by atoms with Gasteiger partial charge in [0.15, 0.2) is 11.5 Å². The van der Waals surface area contributed by atoms with Crippen LogP contribution in [0.5, 0.6) is 11.5 Å². The van der Waals surface area contributed by atoms with E-state index in [1.807, 2.05) is 0 Å². The van der Waals surface area contributed by atoms with Crippen LogP contribution in [0.4, 0.5) is 11.4 Å². The first-order chi connectivity index (χ1) is 16.7. The first-order valence-corrected chi connectivity index (χ1v) is 13.7. The Hall–Kier alpha value is -3.27. The predicted molar refractivity (Wildman–Crippen MR) is 134 cm³/mol. The monoisotopic (exact) mass is 501 g/mol. The lowest BCUT2D eigenvalue weighted by Gasteiger charge is -2.29. The van der Waals surface area contributed by atoms with E-state index in [1.54, 1.807) is 42.5 Å². The number of benzene rings is 2. The van der Waals surface area contributed by atoms with Crippen LogP contribution in [0.1, 0.15) is 49.4 Å². The van der Waals surface area contributed by atoms with Crippen molar-refractivity contribution in [3.63, 3.8) is 0 Å². The summed E-state index contributed by atoms with van der Waals surface area (Å²) in [7, 11) is -3.83. The van der Waals surface area contributed by atoms with Crippen LogP contribution in [-0.2, 0) is 14.8 Å². The van der Waals surface area contributed by atoms with Crippen LogP contribution >= 0.6 is 0 Å².